The minimum atomic E-state index is -7.35. The van der Waals surface area contributed by atoms with Gasteiger partial charge in [0.05, 0.1) is 10.9 Å². The summed E-state index contributed by atoms with van der Waals surface area (Å²) in [7, 11) is -21.6. The first kappa shape index (κ1) is 35.0. The molecule has 0 saturated heterocycles. The number of hydrogen-bond acceptors (Lipinski definition) is 5. The highest BCUT2D eigenvalue weighted by Gasteiger charge is 2.51. The fourth-order valence-corrected chi connectivity index (χ4v) is 8.41. The number of unbranched alkanes of at least 4 members (excludes halogenated alkanes) is 1. The van der Waals surface area contributed by atoms with Gasteiger partial charge in [0.2, 0.25) is 0 Å². The summed E-state index contributed by atoms with van der Waals surface area (Å²) in [4.78, 5) is 2.93. The van der Waals surface area contributed by atoms with E-state index in [0.29, 0.717) is 7.54 Å². The molecule has 0 radical (unpaired) electrons. The Labute approximate surface area is 221 Å². The van der Waals surface area contributed by atoms with E-state index in [-0.39, 0.29) is 10.9 Å². The Kier molecular flexibility index (Phi) is 11.7. The molecule has 0 amide bonds. The lowest BCUT2D eigenvalue weighted by molar-refractivity contribution is -0.0460. The van der Waals surface area contributed by atoms with Crippen molar-refractivity contribution in [1.29, 1.82) is 0 Å². The molecule has 0 unspecified atom stereocenters. The van der Waals surface area contributed by atoms with Crippen molar-refractivity contribution >= 4 is 40.8 Å². The average Bonchev–Trinajstić information content (AvgIpc) is 2.78. The molecule has 2 aromatic carbocycles. The fraction of sp³-hybridized carbons (Fsp3) is 0.368. The van der Waals surface area contributed by atoms with Gasteiger partial charge in [-0.25, -0.2) is 0 Å². The van der Waals surface area contributed by atoms with E-state index in [0.717, 1.165) is 0 Å². The Morgan fingerprint density at radius 2 is 1.00 bits per heavy atom. The van der Waals surface area contributed by atoms with E-state index in [9.17, 15) is 60.9 Å². The molecule has 0 saturated carbocycles. The van der Waals surface area contributed by atoms with Crippen LogP contribution in [0.1, 0.15) is 19.8 Å². The third-order valence-electron chi connectivity index (χ3n) is 4.04. The molecule has 2 rings (SSSR count). The van der Waals surface area contributed by atoms with Gasteiger partial charge < -0.3 is 4.55 Å². The summed E-state index contributed by atoms with van der Waals surface area (Å²) in [5, 5.41) is 0. The van der Waals surface area contributed by atoms with E-state index in [1.807, 2.05) is 0 Å². The number of sulfonamides is 2. The van der Waals surface area contributed by atoms with E-state index in [1.165, 1.54) is 28.4 Å². The van der Waals surface area contributed by atoms with Gasteiger partial charge >= 0.3 is 36.6 Å². The molecular weight excluding hydrogens is 635 g/mol. The van der Waals surface area contributed by atoms with Crippen molar-refractivity contribution in [3.05, 3.63) is 60.7 Å². The monoisotopic (exact) mass is 654 g/mol. The standard InChI is InChI=1S/C16H19S.C3F9N2O5S3/c1-2-3-14-17(15-10-6-4-7-11-15)16-12-8-5-9-13-16;4-1(5,6)20(15,13-21(16,17)2(7,8)9)14-22(18,19)3(10,11)12/h4-13H,2-3,14H2,1H3;/q+1;-1. The molecule has 0 aromatic heterocycles. The minimum Gasteiger partial charge on any atom is -0.772 e. The molecule has 39 heavy (non-hydrogen) atoms. The largest absolute Gasteiger partial charge is 0.772 e. The lowest BCUT2D eigenvalue weighted by Gasteiger charge is -2.23. The van der Waals surface area contributed by atoms with Crippen molar-refractivity contribution in [3.63, 3.8) is 0 Å². The third kappa shape index (κ3) is 9.83. The van der Waals surface area contributed by atoms with Crippen molar-refractivity contribution in [3.8, 4) is 0 Å². The van der Waals surface area contributed by atoms with Gasteiger partial charge in [-0.1, -0.05) is 49.7 Å². The average molecular weight is 655 g/mol. The number of nitrogens with zero attached hydrogens (tertiary/aromatic N) is 2. The molecule has 20 heteroatoms. The maximum Gasteiger partial charge on any atom is 0.519 e. The van der Waals surface area contributed by atoms with Gasteiger partial charge in [-0.2, -0.15) is 56.3 Å². The summed E-state index contributed by atoms with van der Waals surface area (Å²) in [6, 6.07) is 21.8. The van der Waals surface area contributed by atoms with Gasteiger partial charge in [-0.3, -0.25) is 0 Å². The summed E-state index contributed by atoms with van der Waals surface area (Å²) < 4.78 is 161. The molecule has 0 aliphatic rings. The number of halogens is 9. The molecule has 0 fully saturated rings. The molecule has 7 nitrogen and oxygen atoms in total. The van der Waals surface area contributed by atoms with E-state index < -0.39 is 46.5 Å². The van der Waals surface area contributed by atoms with Gasteiger partial charge in [0.25, 0.3) is 0 Å². The Morgan fingerprint density at radius 1 is 0.667 bits per heavy atom. The highest BCUT2D eigenvalue weighted by atomic mass is 32.3. The maximum atomic E-state index is 12.2. The molecule has 0 heterocycles. The van der Waals surface area contributed by atoms with Gasteiger partial charge in [0.15, 0.2) is 9.79 Å². The number of benzene rings is 2. The van der Waals surface area contributed by atoms with Gasteiger partial charge in [0, 0.05) is 9.90 Å². The maximum absolute atomic E-state index is 12.2. The molecule has 0 bridgehead atoms. The molecule has 0 spiro atoms. The second-order valence-electron chi connectivity index (χ2n) is 7.01. The van der Waals surface area contributed by atoms with Crippen LogP contribution >= 0.6 is 0 Å². The van der Waals surface area contributed by atoms with Gasteiger partial charge in [0.1, 0.15) is 5.75 Å². The zero-order valence-corrected chi connectivity index (χ0v) is 22.6. The summed E-state index contributed by atoms with van der Waals surface area (Å²) in [5.41, 5.74) is -19.9. The number of hydrogen-bond donors (Lipinski definition) is 0. The van der Waals surface area contributed by atoms with E-state index >= 15 is 0 Å². The Hall–Kier alpha value is -2.03. The summed E-state index contributed by atoms with van der Waals surface area (Å²) >= 11 is 0. The van der Waals surface area contributed by atoms with Crippen LogP contribution in [0.4, 0.5) is 39.5 Å². The van der Waals surface area contributed by atoms with Crippen LogP contribution in [0.5, 0.6) is 0 Å². The third-order valence-corrected chi connectivity index (χ3v) is 11.4. The topological polar surface area (TPSA) is 116 Å². The molecule has 0 N–H and O–H groups in total. The van der Waals surface area contributed by atoms with Crippen LogP contribution in [-0.4, -0.2) is 43.7 Å². The predicted octanol–water partition coefficient (Wildman–Crippen LogP) is 6.38. The van der Waals surface area contributed by atoms with Crippen LogP contribution in [0.2, 0.25) is 0 Å². The van der Waals surface area contributed by atoms with Crippen molar-refractivity contribution in [2.45, 2.75) is 46.1 Å². The Bertz CT molecular complexity index is 1320. The lowest BCUT2D eigenvalue weighted by atomic mass is 10.4. The Balaban J connectivity index is 0.000000400. The van der Waals surface area contributed by atoms with Crippen LogP contribution in [0, 0.1) is 0 Å². The van der Waals surface area contributed by atoms with E-state index in [4.69, 9.17) is 0 Å². The highest BCUT2D eigenvalue weighted by Crippen LogP contribution is 2.35. The molecule has 0 aliphatic carbocycles. The molecule has 0 atom stereocenters. The highest BCUT2D eigenvalue weighted by molar-refractivity contribution is 8.07. The van der Waals surface area contributed by atoms with Crippen molar-refractivity contribution in [2.75, 3.05) is 5.75 Å². The van der Waals surface area contributed by atoms with Gasteiger partial charge in [-0.05, 0) is 30.7 Å². The van der Waals surface area contributed by atoms with Crippen LogP contribution in [0.3, 0.4) is 0 Å². The first-order valence-electron chi connectivity index (χ1n) is 10.1. The molecule has 222 valence electrons. The van der Waals surface area contributed by atoms with Crippen LogP contribution in [0.15, 0.2) is 78.0 Å². The molecular formula is C19H19F9N2O5S4. The second-order valence-corrected chi connectivity index (χ2v) is 14.6. The quantitative estimate of drug-likeness (QED) is 0.254. The van der Waals surface area contributed by atoms with E-state index in [2.05, 4.69) is 67.6 Å². The Morgan fingerprint density at radius 3 is 1.26 bits per heavy atom. The first-order chi connectivity index (χ1) is 17.6. The molecule has 0 aliphatic heterocycles. The van der Waals surface area contributed by atoms with Crippen molar-refractivity contribution < 1.29 is 60.9 Å². The summed E-state index contributed by atoms with van der Waals surface area (Å²) in [6.07, 6.45) is 2.57. The number of alkyl halides is 9. The second kappa shape index (κ2) is 13.1. The summed E-state index contributed by atoms with van der Waals surface area (Å²) in [6.45, 7) is 2.26. The normalized spacial score (nSPS) is 13.4. The minimum absolute atomic E-state index is 0.249. The zero-order chi connectivity index (χ0) is 30.3. The lowest BCUT2D eigenvalue weighted by Crippen LogP contribution is -2.31. The zero-order valence-electron chi connectivity index (χ0n) is 19.4. The van der Waals surface area contributed by atoms with E-state index in [1.54, 1.807) is 0 Å². The van der Waals surface area contributed by atoms with Crippen molar-refractivity contribution in [2.24, 2.45) is 7.54 Å². The number of rotatable bonds is 7. The van der Waals surface area contributed by atoms with Crippen molar-refractivity contribution in [1.82, 2.24) is 0 Å². The van der Waals surface area contributed by atoms with Crippen LogP contribution < -0.4 is 0 Å². The summed E-state index contributed by atoms with van der Waals surface area (Å²) in [5.74, 6) is 1.27. The SMILES string of the molecule is CCCC[S+](c1ccccc1)c1ccccc1.O=S(=O)(N=S([O-])(=NS(=O)(=O)C(F)(F)F)C(F)(F)F)C(F)(F)F. The smallest absolute Gasteiger partial charge is 0.519 e. The molecule has 2 aromatic rings. The van der Waals surface area contributed by atoms with Gasteiger partial charge in [-0.15, -0.1) is 7.54 Å². The van der Waals surface area contributed by atoms with Crippen LogP contribution in [0.25, 0.3) is 0 Å². The first-order valence-corrected chi connectivity index (χ1v) is 15.8. The van der Waals surface area contributed by atoms with Crippen LogP contribution in [-0.2, 0) is 40.8 Å². The predicted molar refractivity (Wildman–Crippen MR) is 126 cm³/mol. The fourth-order valence-electron chi connectivity index (χ4n) is 2.28.